The molecule has 0 bridgehead atoms. The van der Waals surface area contributed by atoms with Gasteiger partial charge in [0.15, 0.2) is 0 Å². The van der Waals surface area contributed by atoms with Crippen molar-refractivity contribution in [3.8, 4) is 0 Å². The average molecular weight is 347 g/mol. The maximum Gasteiger partial charge on any atom is 0.255 e. The third-order valence-electron chi connectivity index (χ3n) is 4.93. The fourth-order valence-electron chi connectivity index (χ4n) is 3.60. The van der Waals surface area contributed by atoms with E-state index in [9.17, 15) is 4.79 Å². The zero-order valence-electron chi connectivity index (χ0n) is 14.5. The number of hydrogen-bond acceptors (Lipinski definition) is 5. The van der Waals surface area contributed by atoms with Crippen LogP contribution in [-0.4, -0.2) is 38.8 Å². The summed E-state index contributed by atoms with van der Waals surface area (Å²) in [5.74, 6) is 0.870. The molecule has 2 N–H and O–H groups in total. The van der Waals surface area contributed by atoms with Crippen molar-refractivity contribution in [3.63, 3.8) is 0 Å². The summed E-state index contributed by atoms with van der Waals surface area (Å²) >= 11 is 0. The van der Waals surface area contributed by atoms with Crippen molar-refractivity contribution < 1.29 is 4.79 Å². The first-order valence-electron chi connectivity index (χ1n) is 8.90. The van der Waals surface area contributed by atoms with Crippen molar-refractivity contribution in [1.29, 1.82) is 0 Å². The van der Waals surface area contributed by atoms with E-state index < -0.39 is 0 Å². The number of piperidine rings is 1. The van der Waals surface area contributed by atoms with E-state index in [0.29, 0.717) is 23.8 Å². The molecule has 3 aromatic rings. The number of para-hydroxylation sites is 1. The molecule has 1 aliphatic rings. The third-order valence-corrected chi connectivity index (χ3v) is 4.93. The number of benzene rings is 1. The van der Waals surface area contributed by atoms with Crippen LogP contribution in [0.4, 0.5) is 5.82 Å². The second kappa shape index (κ2) is 7.07. The number of nitrogens with zero attached hydrogens (tertiary/aromatic N) is 4. The summed E-state index contributed by atoms with van der Waals surface area (Å²) < 4.78 is 0. The number of aromatic nitrogens is 3. The normalized spacial score (nSPS) is 17.4. The van der Waals surface area contributed by atoms with Crippen LogP contribution in [-0.2, 0) is 6.42 Å². The van der Waals surface area contributed by atoms with E-state index in [0.717, 1.165) is 42.4 Å². The molecule has 1 aliphatic heterocycles. The molecule has 4 rings (SSSR count). The number of nitrogen functional groups attached to an aromatic ring is 1. The highest BCUT2D eigenvalue weighted by molar-refractivity contribution is 5.97. The Balaban J connectivity index is 1.49. The zero-order chi connectivity index (χ0) is 17.9. The Morgan fingerprint density at radius 2 is 2.04 bits per heavy atom. The van der Waals surface area contributed by atoms with E-state index in [1.54, 1.807) is 18.6 Å². The first-order valence-corrected chi connectivity index (χ1v) is 8.90. The lowest BCUT2D eigenvalue weighted by Gasteiger charge is -2.32. The lowest BCUT2D eigenvalue weighted by molar-refractivity contribution is 0.0672. The van der Waals surface area contributed by atoms with Gasteiger partial charge in [0.05, 0.1) is 16.8 Å². The molecule has 1 saturated heterocycles. The molecule has 0 saturated carbocycles. The molecule has 26 heavy (non-hydrogen) atoms. The standard InChI is InChI=1S/C20H21N5O/c21-19-18(22-7-8-23-19)10-14-4-3-9-25(13-14)20(26)16-11-15-5-1-2-6-17(15)24-12-16/h1-2,5-8,11-12,14H,3-4,9-10,13H2,(H2,21,23). The second-order valence-electron chi connectivity index (χ2n) is 6.77. The minimum absolute atomic E-state index is 0.0417. The highest BCUT2D eigenvalue weighted by Gasteiger charge is 2.25. The molecule has 2 aromatic heterocycles. The molecule has 0 radical (unpaired) electrons. The Labute approximate surface area is 152 Å². The van der Waals surface area contributed by atoms with E-state index in [-0.39, 0.29) is 5.91 Å². The number of hydrogen-bond donors (Lipinski definition) is 1. The number of rotatable bonds is 3. The maximum atomic E-state index is 12.9. The van der Waals surface area contributed by atoms with Gasteiger partial charge >= 0.3 is 0 Å². The number of fused-ring (bicyclic) bond motifs is 1. The van der Waals surface area contributed by atoms with Gasteiger partial charge in [-0.2, -0.15) is 0 Å². The molecular formula is C20H21N5O. The maximum absolute atomic E-state index is 12.9. The molecule has 0 aliphatic carbocycles. The number of carbonyl (C=O) groups is 1. The van der Waals surface area contributed by atoms with Gasteiger partial charge in [0.25, 0.3) is 5.91 Å². The van der Waals surface area contributed by atoms with Crippen LogP contribution < -0.4 is 5.73 Å². The molecule has 3 heterocycles. The van der Waals surface area contributed by atoms with Crippen LogP contribution >= 0.6 is 0 Å². The average Bonchev–Trinajstić information content (AvgIpc) is 2.69. The van der Waals surface area contributed by atoms with Crippen molar-refractivity contribution >= 4 is 22.6 Å². The van der Waals surface area contributed by atoms with Gasteiger partial charge in [-0.15, -0.1) is 0 Å². The first kappa shape index (κ1) is 16.4. The van der Waals surface area contributed by atoms with Gasteiger partial charge < -0.3 is 10.6 Å². The van der Waals surface area contributed by atoms with Crippen LogP contribution in [0.2, 0.25) is 0 Å². The summed E-state index contributed by atoms with van der Waals surface area (Å²) in [6.07, 6.45) is 7.74. The van der Waals surface area contributed by atoms with Gasteiger partial charge in [-0.3, -0.25) is 14.8 Å². The Kier molecular flexibility index (Phi) is 4.48. The van der Waals surface area contributed by atoms with Gasteiger partial charge in [-0.1, -0.05) is 18.2 Å². The van der Waals surface area contributed by atoms with Gasteiger partial charge in [0.1, 0.15) is 5.82 Å². The largest absolute Gasteiger partial charge is 0.382 e. The number of pyridine rings is 1. The summed E-state index contributed by atoms with van der Waals surface area (Å²) in [5, 5.41) is 0.985. The van der Waals surface area contributed by atoms with Crippen LogP contribution in [0.1, 0.15) is 28.9 Å². The number of likely N-dealkylation sites (tertiary alicyclic amines) is 1. The van der Waals surface area contributed by atoms with Crippen LogP contribution in [0.25, 0.3) is 10.9 Å². The quantitative estimate of drug-likeness (QED) is 0.787. The lowest BCUT2D eigenvalue weighted by atomic mass is 9.93. The predicted octanol–water partition coefficient (Wildman–Crippen LogP) is 2.70. The van der Waals surface area contributed by atoms with Gasteiger partial charge in [-0.25, -0.2) is 4.98 Å². The number of anilines is 1. The highest BCUT2D eigenvalue weighted by Crippen LogP contribution is 2.23. The summed E-state index contributed by atoms with van der Waals surface area (Å²) in [6, 6.07) is 9.76. The highest BCUT2D eigenvalue weighted by atomic mass is 16.2. The SMILES string of the molecule is Nc1nccnc1CC1CCCN(C(=O)c2cnc3ccccc3c2)C1. The number of carbonyl (C=O) groups excluding carboxylic acids is 1. The Morgan fingerprint density at radius 1 is 1.19 bits per heavy atom. The summed E-state index contributed by atoms with van der Waals surface area (Å²) in [7, 11) is 0. The Morgan fingerprint density at radius 3 is 2.92 bits per heavy atom. The Bertz CT molecular complexity index is 942. The summed E-state index contributed by atoms with van der Waals surface area (Å²) in [4.78, 5) is 27.7. The molecule has 0 spiro atoms. The van der Waals surface area contributed by atoms with E-state index in [1.165, 1.54) is 0 Å². The topological polar surface area (TPSA) is 85.0 Å². The fraction of sp³-hybridized carbons (Fsp3) is 0.300. The van der Waals surface area contributed by atoms with E-state index in [1.807, 2.05) is 35.2 Å². The van der Waals surface area contributed by atoms with Crippen molar-refractivity contribution in [2.24, 2.45) is 5.92 Å². The molecular weight excluding hydrogens is 326 g/mol. The Hall–Kier alpha value is -3.02. The molecule has 1 atom stereocenters. The predicted molar refractivity (Wildman–Crippen MR) is 101 cm³/mol. The van der Waals surface area contributed by atoms with Gasteiger partial charge in [-0.05, 0) is 37.3 Å². The first-order chi connectivity index (χ1) is 12.7. The second-order valence-corrected chi connectivity index (χ2v) is 6.77. The smallest absolute Gasteiger partial charge is 0.255 e. The molecule has 1 unspecified atom stereocenters. The van der Waals surface area contributed by atoms with Gasteiger partial charge in [0, 0.05) is 37.1 Å². The van der Waals surface area contributed by atoms with Crippen molar-refractivity contribution in [3.05, 3.63) is 60.2 Å². The van der Waals surface area contributed by atoms with Crippen LogP contribution in [0.3, 0.4) is 0 Å². The number of amides is 1. The molecule has 6 nitrogen and oxygen atoms in total. The minimum atomic E-state index is 0.0417. The minimum Gasteiger partial charge on any atom is -0.382 e. The van der Waals surface area contributed by atoms with E-state index in [4.69, 9.17) is 5.73 Å². The molecule has 1 amide bonds. The molecule has 1 aromatic carbocycles. The van der Waals surface area contributed by atoms with Crippen molar-refractivity contribution in [1.82, 2.24) is 19.9 Å². The van der Waals surface area contributed by atoms with E-state index in [2.05, 4.69) is 15.0 Å². The van der Waals surface area contributed by atoms with Crippen LogP contribution in [0.5, 0.6) is 0 Å². The van der Waals surface area contributed by atoms with Crippen molar-refractivity contribution in [2.45, 2.75) is 19.3 Å². The van der Waals surface area contributed by atoms with Gasteiger partial charge in [0.2, 0.25) is 0 Å². The van der Waals surface area contributed by atoms with Crippen LogP contribution in [0.15, 0.2) is 48.9 Å². The number of nitrogens with two attached hydrogens (primary N) is 1. The zero-order valence-corrected chi connectivity index (χ0v) is 14.5. The van der Waals surface area contributed by atoms with Crippen LogP contribution in [0, 0.1) is 5.92 Å². The fourth-order valence-corrected chi connectivity index (χ4v) is 3.60. The molecule has 132 valence electrons. The van der Waals surface area contributed by atoms with Crippen molar-refractivity contribution in [2.75, 3.05) is 18.8 Å². The lowest BCUT2D eigenvalue weighted by Crippen LogP contribution is -2.40. The summed E-state index contributed by atoms with van der Waals surface area (Å²) in [6.45, 7) is 1.49. The molecule has 1 fully saturated rings. The monoisotopic (exact) mass is 347 g/mol. The third kappa shape index (κ3) is 3.35. The summed E-state index contributed by atoms with van der Waals surface area (Å²) in [5.41, 5.74) is 8.28. The molecule has 6 heteroatoms. The van der Waals surface area contributed by atoms with E-state index >= 15 is 0 Å².